The lowest BCUT2D eigenvalue weighted by Gasteiger charge is -2.21. The molecule has 5 nitrogen and oxygen atoms in total. The molecule has 0 fully saturated rings. The molecule has 1 aromatic heterocycles. The van der Waals surface area contributed by atoms with Gasteiger partial charge in [0, 0.05) is 18.7 Å². The van der Waals surface area contributed by atoms with Crippen LogP contribution in [0.1, 0.15) is 22.8 Å². The first-order valence-corrected chi connectivity index (χ1v) is 8.06. The van der Waals surface area contributed by atoms with Crippen molar-refractivity contribution in [3.63, 3.8) is 0 Å². The van der Waals surface area contributed by atoms with Gasteiger partial charge in [0.25, 0.3) is 5.91 Å². The first-order valence-electron chi connectivity index (χ1n) is 8.06. The molecule has 0 spiro atoms. The maximum Gasteiger partial charge on any atom is 0.253 e. The van der Waals surface area contributed by atoms with Crippen molar-refractivity contribution in [1.82, 2.24) is 19.7 Å². The van der Waals surface area contributed by atoms with Crippen LogP contribution in [0, 0.1) is 0 Å². The fourth-order valence-electron chi connectivity index (χ4n) is 2.59. The molecule has 122 valence electrons. The molecule has 0 N–H and O–H groups in total. The fourth-order valence-corrected chi connectivity index (χ4v) is 2.59. The maximum absolute atomic E-state index is 12.7. The van der Waals surface area contributed by atoms with Gasteiger partial charge in [-0.2, -0.15) is 5.10 Å². The number of hydrogen-bond acceptors (Lipinski definition) is 3. The zero-order chi connectivity index (χ0) is 16.8. The molecule has 3 rings (SSSR count). The molecule has 0 bridgehead atoms. The van der Waals surface area contributed by atoms with Crippen molar-refractivity contribution < 1.29 is 4.79 Å². The number of carbonyl (C=O) groups excluding carboxylic acids is 1. The highest BCUT2D eigenvalue weighted by atomic mass is 16.2. The summed E-state index contributed by atoms with van der Waals surface area (Å²) >= 11 is 0. The fraction of sp³-hybridized carbons (Fsp3) is 0.211. The minimum atomic E-state index is 0.0542. The second-order valence-corrected chi connectivity index (χ2v) is 5.51. The molecule has 0 radical (unpaired) electrons. The largest absolute Gasteiger partial charge is 0.339 e. The first kappa shape index (κ1) is 15.9. The van der Waals surface area contributed by atoms with Gasteiger partial charge in [-0.3, -0.25) is 4.79 Å². The van der Waals surface area contributed by atoms with Crippen LogP contribution in [0.4, 0.5) is 0 Å². The summed E-state index contributed by atoms with van der Waals surface area (Å²) in [4.78, 5) is 18.5. The van der Waals surface area contributed by atoms with Gasteiger partial charge in [0.1, 0.15) is 12.7 Å². The van der Waals surface area contributed by atoms with E-state index in [1.165, 1.54) is 11.9 Å². The van der Waals surface area contributed by atoms with Gasteiger partial charge in [0.2, 0.25) is 0 Å². The maximum atomic E-state index is 12.7. The molecule has 0 aliphatic carbocycles. The van der Waals surface area contributed by atoms with Gasteiger partial charge >= 0.3 is 0 Å². The van der Waals surface area contributed by atoms with Crippen molar-refractivity contribution in [2.24, 2.45) is 0 Å². The Morgan fingerprint density at radius 1 is 1.08 bits per heavy atom. The Morgan fingerprint density at radius 2 is 1.83 bits per heavy atom. The van der Waals surface area contributed by atoms with E-state index in [0.29, 0.717) is 18.7 Å². The average Bonchev–Trinajstić information content (AvgIpc) is 3.18. The van der Waals surface area contributed by atoms with E-state index in [1.54, 1.807) is 11.0 Å². The minimum Gasteiger partial charge on any atom is -0.339 e. The Bertz CT molecular complexity index is 767. The summed E-state index contributed by atoms with van der Waals surface area (Å²) < 4.78 is 1.67. The number of likely N-dealkylation sites (N-methyl/N-ethyl adjacent to an activating group) is 1. The summed E-state index contributed by atoms with van der Waals surface area (Å²) in [5.74, 6) is 0.0542. The van der Waals surface area contributed by atoms with Crippen LogP contribution in [0.5, 0.6) is 0 Å². The number of hydrogen-bond donors (Lipinski definition) is 0. The zero-order valence-corrected chi connectivity index (χ0v) is 13.7. The molecule has 1 amide bonds. The lowest BCUT2D eigenvalue weighted by Crippen LogP contribution is -2.32. The van der Waals surface area contributed by atoms with Crippen LogP contribution in [-0.4, -0.2) is 38.7 Å². The van der Waals surface area contributed by atoms with Crippen LogP contribution in [-0.2, 0) is 6.42 Å². The van der Waals surface area contributed by atoms with Crippen LogP contribution in [0.25, 0.3) is 5.69 Å². The predicted octanol–water partition coefficient (Wildman–Crippen LogP) is 2.97. The van der Waals surface area contributed by atoms with Crippen LogP contribution in [0.15, 0.2) is 67.3 Å². The standard InChI is InChI=1S/C19H20N4O/c1-2-22(13-12-16-6-4-3-5-7-16)19(24)17-8-10-18(11-9-17)23-15-20-14-21-23/h3-11,14-15H,2,12-13H2,1H3. The number of amides is 1. The molecule has 3 aromatic rings. The van der Waals surface area contributed by atoms with Crippen molar-refractivity contribution in [3.05, 3.63) is 78.4 Å². The molecule has 5 heteroatoms. The molecule has 0 saturated heterocycles. The Morgan fingerprint density at radius 3 is 2.46 bits per heavy atom. The molecular formula is C19H20N4O. The quantitative estimate of drug-likeness (QED) is 0.701. The molecule has 0 atom stereocenters. The molecule has 24 heavy (non-hydrogen) atoms. The number of rotatable bonds is 6. The van der Waals surface area contributed by atoms with Crippen LogP contribution >= 0.6 is 0 Å². The topological polar surface area (TPSA) is 51.0 Å². The van der Waals surface area contributed by atoms with Crippen molar-refractivity contribution in [1.29, 1.82) is 0 Å². The first-order chi connectivity index (χ1) is 11.8. The smallest absolute Gasteiger partial charge is 0.253 e. The molecule has 1 heterocycles. The van der Waals surface area contributed by atoms with Crippen molar-refractivity contribution in [2.45, 2.75) is 13.3 Å². The average molecular weight is 320 g/mol. The molecule has 0 unspecified atom stereocenters. The number of carbonyl (C=O) groups is 1. The molecular weight excluding hydrogens is 300 g/mol. The van der Waals surface area contributed by atoms with Gasteiger partial charge in [0.15, 0.2) is 0 Å². The van der Waals surface area contributed by atoms with E-state index in [9.17, 15) is 4.79 Å². The molecule has 2 aromatic carbocycles. The third-order valence-corrected chi connectivity index (χ3v) is 3.98. The summed E-state index contributed by atoms with van der Waals surface area (Å²) in [6, 6.07) is 17.7. The summed E-state index contributed by atoms with van der Waals surface area (Å²) in [6.07, 6.45) is 3.98. The van der Waals surface area contributed by atoms with Gasteiger partial charge in [-0.25, -0.2) is 9.67 Å². The molecule has 0 aliphatic rings. The third kappa shape index (κ3) is 3.68. The Hall–Kier alpha value is -2.95. The van der Waals surface area contributed by atoms with E-state index in [0.717, 1.165) is 12.1 Å². The zero-order valence-electron chi connectivity index (χ0n) is 13.7. The van der Waals surface area contributed by atoms with Gasteiger partial charge in [-0.15, -0.1) is 0 Å². The highest BCUT2D eigenvalue weighted by molar-refractivity contribution is 5.94. The van der Waals surface area contributed by atoms with Gasteiger partial charge in [0.05, 0.1) is 5.69 Å². The molecule has 0 aliphatic heterocycles. The van der Waals surface area contributed by atoms with Crippen LogP contribution in [0.3, 0.4) is 0 Å². The van der Waals surface area contributed by atoms with E-state index < -0.39 is 0 Å². The highest BCUT2D eigenvalue weighted by Gasteiger charge is 2.14. The van der Waals surface area contributed by atoms with E-state index in [1.807, 2.05) is 54.3 Å². The van der Waals surface area contributed by atoms with Crippen molar-refractivity contribution in [3.8, 4) is 5.69 Å². The summed E-state index contributed by atoms with van der Waals surface area (Å²) in [6.45, 7) is 3.41. The second kappa shape index (κ2) is 7.55. The summed E-state index contributed by atoms with van der Waals surface area (Å²) in [5.41, 5.74) is 2.82. The second-order valence-electron chi connectivity index (χ2n) is 5.51. The van der Waals surface area contributed by atoms with Gasteiger partial charge in [-0.05, 0) is 43.2 Å². The van der Waals surface area contributed by atoms with E-state index >= 15 is 0 Å². The number of aromatic nitrogens is 3. The monoisotopic (exact) mass is 320 g/mol. The predicted molar refractivity (Wildman–Crippen MR) is 93.1 cm³/mol. The van der Waals surface area contributed by atoms with Gasteiger partial charge < -0.3 is 4.90 Å². The minimum absolute atomic E-state index is 0.0542. The SMILES string of the molecule is CCN(CCc1ccccc1)C(=O)c1ccc(-n2cncn2)cc1. The normalized spacial score (nSPS) is 10.5. The number of nitrogens with zero attached hydrogens (tertiary/aromatic N) is 4. The summed E-state index contributed by atoms with van der Waals surface area (Å²) in [5, 5.41) is 4.09. The van der Waals surface area contributed by atoms with Crippen molar-refractivity contribution >= 4 is 5.91 Å². The summed E-state index contributed by atoms with van der Waals surface area (Å²) in [7, 11) is 0. The van der Waals surface area contributed by atoms with E-state index in [-0.39, 0.29) is 5.91 Å². The molecule has 0 saturated carbocycles. The van der Waals surface area contributed by atoms with Gasteiger partial charge in [-0.1, -0.05) is 30.3 Å². The lowest BCUT2D eigenvalue weighted by molar-refractivity contribution is 0.0766. The highest BCUT2D eigenvalue weighted by Crippen LogP contribution is 2.11. The van der Waals surface area contributed by atoms with E-state index in [2.05, 4.69) is 22.2 Å². The third-order valence-electron chi connectivity index (χ3n) is 3.98. The van der Waals surface area contributed by atoms with E-state index in [4.69, 9.17) is 0 Å². The Balaban J connectivity index is 1.67. The lowest BCUT2D eigenvalue weighted by atomic mass is 10.1. The Kier molecular flexibility index (Phi) is 5.01. The van der Waals surface area contributed by atoms with Crippen LogP contribution in [0.2, 0.25) is 0 Å². The van der Waals surface area contributed by atoms with Crippen molar-refractivity contribution in [2.75, 3.05) is 13.1 Å². The number of benzene rings is 2. The van der Waals surface area contributed by atoms with Crippen LogP contribution < -0.4 is 0 Å². The Labute approximate surface area is 141 Å².